The highest BCUT2D eigenvalue weighted by Gasteiger charge is 2.33. The molecule has 6 heteroatoms. The summed E-state index contributed by atoms with van der Waals surface area (Å²) in [6, 6.07) is 5.86. The van der Waals surface area contributed by atoms with Crippen molar-refractivity contribution in [2.24, 2.45) is 11.8 Å². The van der Waals surface area contributed by atoms with Crippen LogP contribution in [0.15, 0.2) is 24.3 Å². The Kier molecular flexibility index (Phi) is 5.47. The predicted molar refractivity (Wildman–Crippen MR) is 74.4 cm³/mol. The highest BCUT2D eigenvalue weighted by molar-refractivity contribution is 5.36. The van der Waals surface area contributed by atoms with Crippen molar-refractivity contribution >= 4 is 0 Å². The van der Waals surface area contributed by atoms with E-state index >= 15 is 0 Å². The number of rotatable bonds is 5. The summed E-state index contributed by atoms with van der Waals surface area (Å²) in [7, 11) is 0. The minimum absolute atomic E-state index is 0.177. The number of para-hydroxylation sites is 1. The van der Waals surface area contributed by atoms with Crippen molar-refractivity contribution in [3.63, 3.8) is 0 Å². The maximum absolute atomic E-state index is 12.5. The van der Waals surface area contributed by atoms with E-state index < -0.39 is 6.36 Å². The first-order chi connectivity index (χ1) is 9.99. The molecule has 1 aromatic rings. The van der Waals surface area contributed by atoms with Crippen LogP contribution in [0.4, 0.5) is 13.2 Å². The molecule has 0 saturated heterocycles. The van der Waals surface area contributed by atoms with Crippen molar-refractivity contribution < 1.29 is 17.9 Å². The molecule has 3 nitrogen and oxygen atoms in total. The van der Waals surface area contributed by atoms with E-state index in [4.69, 9.17) is 5.84 Å². The summed E-state index contributed by atoms with van der Waals surface area (Å²) in [6.45, 7) is 0. The van der Waals surface area contributed by atoms with Gasteiger partial charge in [0.2, 0.25) is 0 Å². The molecule has 1 aromatic carbocycles. The molecule has 118 valence electrons. The molecule has 1 atom stereocenters. The number of ether oxygens (including phenoxy) is 1. The second-order valence-corrected chi connectivity index (χ2v) is 5.54. The molecule has 0 aliphatic heterocycles. The van der Waals surface area contributed by atoms with Crippen LogP contribution < -0.4 is 16.0 Å². The number of hydrogen-bond donors (Lipinski definition) is 2. The molecular formula is C15H21F3N2O. The minimum atomic E-state index is -4.69. The lowest BCUT2D eigenvalue weighted by Gasteiger charge is -2.27. The Morgan fingerprint density at radius 3 is 2.48 bits per heavy atom. The lowest BCUT2D eigenvalue weighted by Crippen LogP contribution is -2.31. The van der Waals surface area contributed by atoms with E-state index in [1.165, 1.54) is 31.4 Å². The minimum Gasteiger partial charge on any atom is -0.405 e. The fraction of sp³-hybridized carbons (Fsp3) is 0.600. The van der Waals surface area contributed by atoms with E-state index in [2.05, 4.69) is 10.2 Å². The van der Waals surface area contributed by atoms with Crippen LogP contribution in [0.3, 0.4) is 0 Å². The standard InChI is InChI=1S/C15H21F3N2O/c16-15(17,18)21-14-9-5-4-8-12(14)13(20-19)10-11-6-2-1-3-7-11/h4-5,8-9,11,13,20H,1-3,6-7,10,19H2. The molecule has 0 heterocycles. The summed E-state index contributed by atoms with van der Waals surface area (Å²) in [4.78, 5) is 0. The first-order valence-corrected chi connectivity index (χ1v) is 7.30. The van der Waals surface area contributed by atoms with Gasteiger partial charge in [-0.3, -0.25) is 11.3 Å². The average molecular weight is 302 g/mol. The van der Waals surface area contributed by atoms with Gasteiger partial charge in [-0.25, -0.2) is 0 Å². The predicted octanol–water partition coefficient (Wildman–Crippen LogP) is 4.06. The molecule has 0 bridgehead atoms. The maximum Gasteiger partial charge on any atom is 0.573 e. The Bertz CT molecular complexity index is 445. The molecule has 1 fully saturated rings. The van der Waals surface area contributed by atoms with E-state index in [0.29, 0.717) is 11.5 Å². The third-order valence-corrected chi connectivity index (χ3v) is 4.02. The Hall–Kier alpha value is -1.27. The van der Waals surface area contributed by atoms with Gasteiger partial charge < -0.3 is 4.74 Å². The number of nitrogens with one attached hydrogen (secondary N) is 1. The fourth-order valence-corrected chi connectivity index (χ4v) is 3.03. The van der Waals surface area contributed by atoms with Crippen molar-refractivity contribution in [3.05, 3.63) is 29.8 Å². The van der Waals surface area contributed by atoms with E-state index in [1.807, 2.05) is 0 Å². The first-order valence-electron chi connectivity index (χ1n) is 7.30. The number of hydrogen-bond acceptors (Lipinski definition) is 3. The molecule has 1 aliphatic carbocycles. The highest BCUT2D eigenvalue weighted by atomic mass is 19.4. The largest absolute Gasteiger partial charge is 0.573 e. The summed E-state index contributed by atoms with van der Waals surface area (Å²) in [6.07, 6.45) is 1.87. The van der Waals surface area contributed by atoms with Crippen LogP contribution in [0.25, 0.3) is 0 Å². The molecule has 1 aliphatic rings. The second-order valence-electron chi connectivity index (χ2n) is 5.54. The number of hydrazine groups is 1. The summed E-state index contributed by atoms with van der Waals surface area (Å²) in [5, 5.41) is 0. The molecule has 0 amide bonds. The van der Waals surface area contributed by atoms with Crippen LogP contribution in [0.5, 0.6) is 5.75 Å². The van der Waals surface area contributed by atoms with Crippen molar-refractivity contribution in [3.8, 4) is 5.75 Å². The number of benzene rings is 1. The van der Waals surface area contributed by atoms with Gasteiger partial charge in [0, 0.05) is 11.6 Å². The summed E-state index contributed by atoms with van der Waals surface area (Å²) >= 11 is 0. The van der Waals surface area contributed by atoms with Crippen LogP contribution in [0.2, 0.25) is 0 Å². The Balaban J connectivity index is 2.13. The van der Waals surface area contributed by atoms with Gasteiger partial charge in [0.1, 0.15) is 5.75 Å². The van der Waals surface area contributed by atoms with Crippen LogP contribution in [0.1, 0.15) is 50.1 Å². The number of halogens is 3. The summed E-state index contributed by atoms with van der Waals surface area (Å²) in [5.41, 5.74) is 3.11. The molecule has 21 heavy (non-hydrogen) atoms. The smallest absolute Gasteiger partial charge is 0.405 e. The quantitative estimate of drug-likeness (QED) is 0.637. The highest BCUT2D eigenvalue weighted by Crippen LogP contribution is 2.36. The Morgan fingerprint density at radius 1 is 1.19 bits per heavy atom. The molecule has 0 radical (unpaired) electrons. The SMILES string of the molecule is NNC(CC1CCCCC1)c1ccccc1OC(F)(F)F. The van der Waals surface area contributed by atoms with Gasteiger partial charge in [-0.2, -0.15) is 0 Å². The van der Waals surface area contributed by atoms with E-state index in [0.717, 1.165) is 19.3 Å². The first kappa shape index (κ1) is 16.1. The number of alkyl halides is 3. The van der Waals surface area contributed by atoms with Gasteiger partial charge in [-0.15, -0.1) is 13.2 Å². The van der Waals surface area contributed by atoms with Gasteiger partial charge in [0.05, 0.1) is 0 Å². The third-order valence-electron chi connectivity index (χ3n) is 4.02. The molecule has 1 saturated carbocycles. The monoisotopic (exact) mass is 302 g/mol. The number of nitrogens with two attached hydrogens (primary N) is 1. The normalized spacial score (nSPS) is 18.5. The van der Waals surface area contributed by atoms with E-state index in [1.54, 1.807) is 12.1 Å². The molecular weight excluding hydrogens is 281 g/mol. The molecule has 3 N–H and O–H groups in total. The molecule has 1 unspecified atom stereocenters. The van der Waals surface area contributed by atoms with Gasteiger partial charge in [-0.1, -0.05) is 50.3 Å². The van der Waals surface area contributed by atoms with Crippen molar-refractivity contribution in [1.82, 2.24) is 5.43 Å². The topological polar surface area (TPSA) is 47.3 Å². The zero-order valence-corrected chi connectivity index (χ0v) is 11.8. The van der Waals surface area contributed by atoms with E-state index in [9.17, 15) is 13.2 Å². The van der Waals surface area contributed by atoms with Gasteiger partial charge >= 0.3 is 6.36 Å². The van der Waals surface area contributed by atoms with Gasteiger partial charge in [0.25, 0.3) is 0 Å². The van der Waals surface area contributed by atoms with Crippen molar-refractivity contribution in [1.29, 1.82) is 0 Å². The van der Waals surface area contributed by atoms with Crippen LogP contribution in [0, 0.1) is 5.92 Å². The lowest BCUT2D eigenvalue weighted by molar-refractivity contribution is -0.275. The van der Waals surface area contributed by atoms with Crippen molar-refractivity contribution in [2.75, 3.05) is 0 Å². The average Bonchev–Trinajstić information content (AvgIpc) is 2.45. The maximum atomic E-state index is 12.5. The lowest BCUT2D eigenvalue weighted by atomic mass is 9.83. The van der Waals surface area contributed by atoms with Gasteiger partial charge in [-0.05, 0) is 18.4 Å². The fourth-order valence-electron chi connectivity index (χ4n) is 3.03. The Morgan fingerprint density at radius 2 is 1.86 bits per heavy atom. The van der Waals surface area contributed by atoms with Crippen LogP contribution in [-0.2, 0) is 0 Å². The van der Waals surface area contributed by atoms with E-state index in [-0.39, 0.29) is 11.8 Å². The van der Waals surface area contributed by atoms with Crippen LogP contribution >= 0.6 is 0 Å². The molecule has 0 spiro atoms. The van der Waals surface area contributed by atoms with Crippen LogP contribution in [-0.4, -0.2) is 6.36 Å². The zero-order valence-electron chi connectivity index (χ0n) is 11.8. The van der Waals surface area contributed by atoms with Gasteiger partial charge in [0.15, 0.2) is 0 Å². The summed E-state index contributed by atoms with van der Waals surface area (Å²) in [5.74, 6) is 5.89. The molecule has 2 rings (SSSR count). The zero-order chi connectivity index (χ0) is 15.3. The molecule has 0 aromatic heterocycles. The van der Waals surface area contributed by atoms with Crippen molar-refractivity contribution in [2.45, 2.75) is 50.9 Å². The second kappa shape index (κ2) is 7.13. The summed E-state index contributed by atoms with van der Waals surface area (Å²) < 4.78 is 41.5. The third kappa shape index (κ3) is 4.89. The Labute approximate surface area is 122 Å².